The Morgan fingerprint density at radius 2 is 1.59 bits per heavy atom. The third-order valence-electron chi connectivity index (χ3n) is 4.49. The molecule has 0 spiro atoms. The lowest BCUT2D eigenvalue weighted by Crippen LogP contribution is -2.48. The van der Waals surface area contributed by atoms with Gasteiger partial charge in [-0.05, 0) is 48.6 Å². The Hall–Kier alpha value is -2.97. The van der Waals surface area contributed by atoms with E-state index in [2.05, 4.69) is 37.9 Å². The number of carbonyl (C=O) groups excluding carboxylic acids is 2. The molecular formula is C21H21BrN4O3. The van der Waals surface area contributed by atoms with Crippen molar-refractivity contribution in [2.24, 2.45) is 0 Å². The molecule has 0 saturated carbocycles. The molecule has 29 heavy (non-hydrogen) atoms. The van der Waals surface area contributed by atoms with E-state index in [0.29, 0.717) is 24.5 Å². The van der Waals surface area contributed by atoms with Crippen LogP contribution in [0.1, 0.15) is 11.4 Å². The Kier molecular flexibility index (Phi) is 7.15. The third kappa shape index (κ3) is 6.00. The number of hydrogen-bond acceptors (Lipinski definition) is 5. The number of aromatic nitrogens is 1. The molecule has 0 bridgehead atoms. The minimum absolute atomic E-state index is 0.0529. The van der Waals surface area contributed by atoms with Gasteiger partial charge in [-0.2, -0.15) is 0 Å². The standard InChI is InChI=1S/C21H21BrN4O3/c22-16-4-8-19(9-5-16)25-12-14-26(15-13-25)21(28)11-7-18-3-1-2-17(23-18)6-10-20(27)24-29/h1-11,29H,12-15H2,(H,24,27). The van der Waals surface area contributed by atoms with Gasteiger partial charge in [-0.3, -0.25) is 14.8 Å². The van der Waals surface area contributed by atoms with Crippen LogP contribution in [-0.2, 0) is 9.59 Å². The van der Waals surface area contributed by atoms with E-state index < -0.39 is 5.91 Å². The Labute approximate surface area is 177 Å². The van der Waals surface area contributed by atoms with Gasteiger partial charge in [0.2, 0.25) is 5.91 Å². The third-order valence-corrected chi connectivity index (χ3v) is 5.02. The maximum Gasteiger partial charge on any atom is 0.267 e. The molecule has 8 heteroatoms. The zero-order valence-corrected chi connectivity index (χ0v) is 17.2. The highest BCUT2D eigenvalue weighted by Gasteiger charge is 2.19. The molecule has 0 radical (unpaired) electrons. The number of nitrogens with one attached hydrogen (secondary N) is 1. The molecule has 2 heterocycles. The Balaban J connectivity index is 1.55. The van der Waals surface area contributed by atoms with Gasteiger partial charge in [-0.25, -0.2) is 10.5 Å². The molecule has 0 aliphatic carbocycles. The van der Waals surface area contributed by atoms with Crippen LogP contribution < -0.4 is 10.4 Å². The normalized spacial score (nSPS) is 14.6. The highest BCUT2D eigenvalue weighted by Crippen LogP contribution is 2.20. The molecule has 7 nitrogen and oxygen atoms in total. The molecule has 0 atom stereocenters. The predicted octanol–water partition coefficient (Wildman–Crippen LogP) is 2.72. The van der Waals surface area contributed by atoms with Crippen molar-refractivity contribution in [2.75, 3.05) is 31.1 Å². The number of carbonyl (C=O) groups is 2. The average molecular weight is 457 g/mol. The first-order valence-corrected chi connectivity index (χ1v) is 9.91. The summed E-state index contributed by atoms with van der Waals surface area (Å²) < 4.78 is 1.05. The minimum atomic E-state index is -0.634. The molecule has 1 aliphatic heterocycles. The van der Waals surface area contributed by atoms with Crippen molar-refractivity contribution in [1.29, 1.82) is 0 Å². The molecule has 0 unspecified atom stereocenters. The van der Waals surface area contributed by atoms with Crippen molar-refractivity contribution < 1.29 is 14.8 Å². The van der Waals surface area contributed by atoms with Crippen LogP contribution in [0.4, 0.5) is 5.69 Å². The fourth-order valence-corrected chi connectivity index (χ4v) is 3.22. The van der Waals surface area contributed by atoms with Gasteiger partial charge in [0.1, 0.15) is 0 Å². The maximum atomic E-state index is 12.5. The van der Waals surface area contributed by atoms with E-state index in [0.717, 1.165) is 23.2 Å². The van der Waals surface area contributed by atoms with Gasteiger partial charge in [0.15, 0.2) is 0 Å². The molecule has 150 valence electrons. The van der Waals surface area contributed by atoms with Gasteiger partial charge in [-0.15, -0.1) is 0 Å². The average Bonchev–Trinajstić information content (AvgIpc) is 2.76. The van der Waals surface area contributed by atoms with Crippen LogP contribution >= 0.6 is 15.9 Å². The van der Waals surface area contributed by atoms with Gasteiger partial charge >= 0.3 is 0 Å². The summed E-state index contributed by atoms with van der Waals surface area (Å²) in [7, 11) is 0. The fourth-order valence-electron chi connectivity index (χ4n) is 2.95. The summed E-state index contributed by atoms with van der Waals surface area (Å²) in [6, 6.07) is 13.5. The summed E-state index contributed by atoms with van der Waals surface area (Å²) >= 11 is 3.44. The molecule has 2 aromatic rings. The van der Waals surface area contributed by atoms with Gasteiger partial charge < -0.3 is 9.80 Å². The van der Waals surface area contributed by atoms with Gasteiger partial charge in [-0.1, -0.05) is 22.0 Å². The molecule has 2 N–H and O–H groups in total. The number of anilines is 1. The van der Waals surface area contributed by atoms with E-state index in [9.17, 15) is 9.59 Å². The Bertz CT molecular complexity index is 920. The zero-order valence-electron chi connectivity index (χ0n) is 15.7. The van der Waals surface area contributed by atoms with Crippen molar-refractivity contribution in [3.8, 4) is 0 Å². The number of benzene rings is 1. The number of halogens is 1. The summed E-state index contributed by atoms with van der Waals surface area (Å²) in [5.74, 6) is -0.687. The molecule has 1 fully saturated rings. The van der Waals surface area contributed by atoms with Gasteiger partial charge in [0.25, 0.3) is 5.91 Å². The molecule has 1 aromatic carbocycles. The lowest BCUT2D eigenvalue weighted by atomic mass is 10.2. The first kappa shape index (κ1) is 20.8. The summed E-state index contributed by atoms with van der Waals surface area (Å²) in [4.78, 5) is 32.0. The summed E-state index contributed by atoms with van der Waals surface area (Å²) in [6.07, 6.45) is 5.83. The highest BCUT2D eigenvalue weighted by atomic mass is 79.9. The molecule has 1 saturated heterocycles. The first-order valence-electron chi connectivity index (χ1n) is 9.12. The quantitative estimate of drug-likeness (QED) is 0.410. The summed E-state index contributed by atoms with van der Waals surface area (Å²) in [6.45, 7) is 2.89. The van der Waals surface area contributed by atoms with Crippen molar-refractivity contribution in [3.05, 3.63) is 70.5 Å². The second-order valence-electron chi connectivity index (χ2n) is 6.42. The van der Waals surface area contributed by atoms with E-state index >= 15 is 0 Å². The number of rotatable bonds is 5. The van der Waals surface area contributed by atoms with Crippen LogP contribution in [0.25, 0.3) is 12.2 Å². The smallest absolute Gasteiger partial charge is 0.267 e. The largest absolute Gasteiger partial charge is 0.368 e. The SMILES string of the molecule is O=C(C=Cc1cccc(C=CC(=O)N2CCN(c3ccc(Br)cc3)CC2)n1)NO. The number of hydrogen-bond donors (Lipinski definition) is 2. The van der Waals surface area contributed by atoms with Crippen LogP contribution in [0, 0.1) is 0 Å². The summed E-state index contributed by atoms with van der Waals surface area (Å²) in [5.41, 5.74) is 3.83. The lowest BCUT2D eigenvalue weighted by Gasteiger charge is -2.35. The van der Waals surface area contributed by atoms with Crippen LogP contribution in [0.3, 0.4) is 0 Å². The topological polar surface area (TPSA) is 85.8 Å². The van der Waals surface area contributed by atoms with E-state index in [1.165, 1.54) is 23.7 Å². The minimum Gasteiger partial charge on any atom is -0.368 e. The second-order valence-corrected chi connectivity index (χ2v) is 7.33. The van der Waals surface area contributed by atoms with E-state index in [4.69, 9.17) is 5.21 Å². The van der Waals surface area contributed by atoms with Crippen LogP contribution in [0.2, 0.25) is 0 Å². The van der Waals surface area contributed by atoms with Crippen LogP contribution in [-0.4, -0.2) is 53.1 Å². The molecule has 2 amide bonds. The van der Waals surface area contributed by atoms with E-state index in [1.54, 1.807) is 24.3 Å². The maximum absolute atomic E-state index is 12.5. The number of amides is 2. The fraction of sp³-hybridized carbons (Fsp3) is 0.190. The van der Waals surface area contributed by atoms with Crippen molar-refractivity contribution in [1.82, 2.24) is 15.4 Å². The Morgan fingerprint density at radius 3 is 2.21 bits per heavy atom. The highest BCUT2D eigenvalue weighted by molar-refractivity contribution is 9.10. The molecular weight excluding hydrogens is 436 g/mol. The number of piperazine rings is 1. The summed E-state index contributed by atoms with van der Waals surface area (Å²) in [5, 5.41) is 8.50. The lowest BCUT2D eigenvalue weighted by molar-refractivity contribution is -0.126. The van der Waals surface area contributed by atoms with Gasteiger partial charge in [0, 0.05) is 48.5 Å². The number of nitrogens with zero attached hydrogens (tertiary/aromatic N) is 3. The van der Waals surface area contributed by atoms with Gasteiger partial charge in [0.05, 0.1) is 11.4 Å². The van der Waals surface area contributed by atoms with Crippen molar-refractivity contribution in [3.63, 3.8) is 0 Å². The molecule has 1 aromatic heterocycles. The zero-order chi connectivity index (χ0) is 20.6. The van der Waals surface area contributed by atoms with Crippen molar-refractivity contribution in [2.45, 2.75) is 0 Å². The van der Waals surface area contributed by atoms with Crippen LogP contribution in [0.15, 0.2) is 59.1 Å². The van der Waals surface area contributed by atoms with E-state index in [1.807, 2.05) is 17.0 Å². The monoisotopic (exact) mass is 456 g/mol. The van der Waals surface area contributed by atoms with E-state index in [-0.39, 0.29) is 5.91 Å². The Morgan fingerprint density at radius 1 is 0.966 bits per heavy atom. The van der Waals surface area contributed by atoms with Crippen molar-refractivity contribution >= 4 is 45.6 Å². The molecule has 3 rings (SSSR count). The number of hydroxylamine groups is 1. The molecule has 1 aliphatic rings. The van der Waals surface area contributed by atoms with Crippen LogP contribution in [0.5, 0.6) is 0 Å². The second kappa shape index (κ2) is 9.99. The predicted molar refractivity (Wildman–Crippen MR) is 115 cm³/mol. The number of pyridine rings is 1. The first-order chi connectivity index (χ1) is 14.0.